The van der Waals surface area contributed by atoms with Gasteiger partial charge in [-0.1, -0.05) is 36.4 Å². The number of aromatic nitrogens is 1. The molecule has 0 radical (unpaired) electrons. The number of amides is 1. The van der Waals surface area contributed by atoms with Crippen LogP contribution in [-0.4, -0.2) is 13.2 Å². The van der Waals surface area contributed by atoms with Gasteiger partial charge in [0.15, 0.2) is 0 Å². The predicted molar refractivity (Wildman–Crippen MR) is 94.9 cm³/mol. The van der Waals surface area contributed by atoms with Crippen molar-refractivity contribution < 1.29 is 19.1 Å². The smallest absolute Gasteiger partial charge is 0.487 e. The molecule has 5 heteroatoms. The van der Waals surface area contributed by atoms with E-state index in [0.717, 1.165) is 17.1 Å². The molecule has 0 saturated carbocycles. The van der Waals surface area contributed by atoms with Gasteiger partial charge in [-0.3, -0.25) is 0 Å². The molecule has 2 aromatic carbocycles. The van der Waals surface area contributed by atoms with Crippen LogP contribution in [0.1, 0.15) is 5.69 Å². The first-order valence-electron chi connectivity index (χ1n) is 7.88. The Morgan fingerprint density at radius 3 is 1.96 bits per heavy atom. The summed E-state index contributed by atoms with van der Waals surface area (Å²) in [6.07, 6.45) is 1.15. The van der Waals surface area contributed by atoms with Crippen molar-refractivity contribution in [1.82, 2.24) is 0 Å². The lowest BCUT2D eigenvalue weighted by atomic mass is 10.2. The normalized spacial score (nSPS) is 10.2. The summed E-state index contributed by atoms with van der Waals surface area (Å²) < 4.78 is 6.60. The van der Waals surface area contributed by atoms with Crippen molar-refractivity contribution >= 4 is 17.5 Å². The van der Waals surface area contributed by atoms with E-state index in [2.05, 4.69) is 0 Å². The molecular formula is C20H19N2O3+. The third-order valence-corrected chi connectivity index (χ3v) is 3.70. The maximum Gasteiger partial charge on any atom is 0.487 e. The summed E-state index contributed by atoms with van der Waals surface area (Å²) in [5.74, 6) is 0.702. The van der Waals surface area contributed by atoms with Gasteiger partial charge < -0.3 is 4.74 Å². The minimum absolute atomic E-state index is 0.504. The Balaban J connectivity index is 1.93. The molecule has 0 aliphatic carbocycles. The summed E-state index contributed by atoms with van der Waals surface area (Å²) in [6.45, 7) is 1.84. The summed E-state index contributed by atoms with van der Waals surface area (Å²) in [5, 5.41) is 0. The van der Waals surface area contributed by atoms with Crippen LogP contribution in [-0.2, 0) is 0 Å². The van der Waals surface area contributed by atoms with E-state index in [1.54, 1.807) is 25.4 Å². The van der Waals surface area contributed by atoms with E-state index in [9.17, 15) is 4.79 Å². The lowest BCUT2D eigenvalue weighted by Crippen LogP contribution is -2.51. The maximum absolute atomic E-state index is 12.9. The zero-order valence-corrected chi connectivity index (χ0v) is 14.1. The molecule has 0 bridgehead atoms. The standard InChI is InChI=1S/C20H19N2O3/c1-16-15-19(24-2)13-14-21(16)25-20(23)22(17-9-5-3-6-10-17)18-11-7-4-8-12-18/h3-15H,1-2H3/q+1. The molecule has 25 heavy (non-hydrogen) atoms. The van der Waals surface area contributed by atoms with E-state index < -0.39 is 6.09 Å². The van der Waals surface area contributed by atoms with Gasteiger partial charge in [0.05, 0.1) is 24.6 Å². The van der Waals surface area contributed by atoms with Gasteiger partial charge in [0.25, 0.3) is 0 Å². The molecular weight excluding hydrogens is 316 g/mol. The van der Waals surface area contributed by atoms with Crippen molar-refractivity contribution in [3.8, 4) is 5.75 Å². The van der Waals surface area contributed by atoms with Gasteiger partial charge >= 0.3 is 6.09 Å². The SMILES string of the molecule is COc1cc[n+](OC(=O)N(c2ccccc2)c2ccccc2)c(C)c1. The minimum Gasteiger partial charge on any atom is -0.496 e. The number of ether oxygens (including phenoxy) is 1. The minimum atomic E-state index is -0.504. The molecule has 0 aliphatic rings. The van der Waals surface area contributed by atoms with Gasteiger partial charge in [0.2, 0.25) is 11.9 Å². The third kappa shape index (κ3) is 3.77. The fraction of sp³-hybridized carbons (Fsp3) is 0.100. The first kappa shape index (κ1) is 16.5. The average molecular weight is 335 g/mol. The van der Waals surface area contributed by atoms with Crippen LogP contribution in [0.25, 0.3) is 0 Å². The van der Waals surface area contributed by atoms with Crippen LogP contribution >= 0.6 is 0 Å². The molecule has 5 nitrogen and oxygen atoms in total. The lowest BCUT2D eigenvalue weighted by Gasteiger charge is -2.19. The maximum atomic E-state index is 12.9. The summed E-state index contributed by atoms with van der Waals surface area (Å²) in [4.78, 5) is 20.0. The number of methoxy groups -OCH3 is 1. The number of benzene rings is 2. The number of hydrogen-bond donors (Lipinski definition) is 0. The highest BCUT2D eigenvalue weighted by atomic mass is 16.7. The van der Waals surface area contributed by atoms with Gasteiger partial charge in [-0.15, -0.1) is 0 Å². The van der Waals surface area contributed by atoms with Crippen LogP contribution < -0.4 is 19.2 Å². The van der Waals surface area contributed by atoms with E-state index in [0.29, 0.717) is 5.75 Å². The molecule has 1 heterocycles. The third-order valence-electron chi connectivity index (χ3n) is 3.70. The molecule has 126 valence electrons. The Bertz CT molecular complexity index is 812. The average Bonchev–Trinajstić information content (AvgIpc) is 2.65. The fourth-order valence-electron chi connectivity index (χ4n) is 2.44. The van der Waals surface area contributed by atoms with Crippen molar-refractivity contribution in [3.05, 3.63) is 84.7 Å². The van der Waals surface area contributed by atoms with Crippen LogP contribution in [0.15, 0.2) is 79.0 Å². The number of para-hydroxylation sites is 2. The van der Waals surface area contributed by atoms with E-state index in [4.69, 9.17) is 9.57 Å². The molecule has 3 aromatic rings. The molecule has 3 rings (SSSR count). The Labute approximate surface area is 146 Å². The number of rotatable bonds is 4. The van der Waals surface area contributed by atoms with E-state index in [-0.39, 0.29) is 0 Å². The highest BCUT2D eigenvalue weighted by molar-refractivity contribution is 5.95. The van der Waals surface area contributed by atoms with Crippen LogP contribution in [0.4, 0.5) is 16.2 Å². The molecule has 1 aromatic heterocycles. The number of anilines is 2. The van der Waals surface area contributed by atoms with Gasteiger partial charge in [-0.2, -0.15) is 4.84 Å². The molecule has 0 aliphatic heterocycles. The second-order valence-electron chi connectivity index (χ2n) is 5.40. The second-order valence-corrected chi connectivity index (χ2v) is 5.40. The summed E-state index contributed by atoms with van der Waals surface area (Å²) in [5.41, 5.74) is 2.20. The van der Waals surface area contributed by atoms with Crippen molar-refractivity contribution in [2.75, 3.05) is 12.0 Å². The predicted octanol–water partition coefficient (Wildman–Crippen LogP) is 3.68. The highest BCUT2D eigenvalue weighted by Crippen LogP contribution is 2.25. The van der Waals surface area contributed by atoms with Crippen LogP contribution in [0.5, 0.6) is 5.75 Å². The highest BCUT2D eigenvalue weighted by Gasteiger charge is 2.25. The van der Waals surface area contributed by atoms with Crippen LogP contribution in [0, 0.1) is 6.92 Å². The van der Waals surface area contributed by atoms with Crippen molar-refractivity contribution in [3.63, 3.8) is 0 Å². The quantitative estimate of drug-likeness (QED) is 0.683. The Morgan fingerprint density at radius 1 is 0.920 bits per heavy atom. The fourth-order valence-corrected chi connectivity index (χ4v) is 2.44. The number of aryl methyl sites for hydroxylation is 1. The van der Waals surface area contributed by atoms with Crippen LogP contribution in [0.2, 0.25) is 0 Å². The molecule has 0 fully saturated rings. The zero-order valence-electron chi connectivity index (χ0n) is 14.1. The lowest BCUT2D eigenvalue weighted by molar-refractivity contribution is -0.872. The topological polar surface area (TPSA) is 42.6 Å². The summed E-state index contributed by atoms with van der Waals surface area (Å²) in [6, 6.07) is 22.3. The molecule has 0 spiro atoms. The number of carbonyl (C=O) groups is 1. The number of pyridine rings is 1. The Hall–Kier alpha value is -3.34. The second kappa shape index (κ2) is 7.49. The molecule has 0 saturated heterocycles. The number of carbonyl (C=O) groups excluding carboxylic acids is 1. The van der Waals surface area contributed by atoms with Crippen molar-refractivity contribution in [2.45, 2.75) is 6.92 Å². The number of hydrogen-bond acceptors (Lipinski definition) is 3. The Morgan fingerprint density at radius 2 is 1.48 bits per heavy atom. The van der Waals surface area contributed by atoms with Gasteiger partial charge in [0, 0.05) is 17.7 Å². The zero-order chi connectivity index (χ0) is 17.6. The van der Waals surface area contributed by atoms with Crippen molar-refractivity contribution in [1.29, 1.82) is 0 Å². The van der Waals surface area contributed by atoms with Gasteiger partial charge in [-0.25, -0.2) is 9.69 Å². The molecule has 0 unspecified atom stereocenters. The first-order valence-corrected chi connectivity index (χ1v) is 7.88. The van der Waals surface area contributed by atoms with Gasteiger partial charge in [0.1, 0.15) is 5.75 Å². The molecule has 0 N–H and O–H groups in total. The molecule has 0 atom stereocenters. The van der Waals surface area contributed by atoms with Crippen LogP contribution in [0.3, 0.4) is 0 Å². The van der Waals surface area contributed by atoms with Crippen molar-refractivity contribution in [2.24, 2.45) is 0 Å². The number of nitrogens with zero attached hydrogens (tertiary/aromatic N) is 2. The van der Waals surface area contributed by atoms with Gasteiger partial charge in [-0.05, 0) is 24.3 Å². The first-order chi connectivity index (χ1) is 12.2. The Kier molecular flexibility index (Phi) is 4.95. The van der Waals surface area contributed by atoms with E-state index in [1.165, 1.54) is 9.63 Å². The van der Waals surface area contributed by atoms with E-state index >= 15 is 0 Å². The monoisotopic (exact) mass is 335 g/mol. The summed E-state index contributed by atoms with van der Waals surface area (Å²) >= 11 is 0. The van der Waals surface area contributed by atoms with E-state index in [1.807, 2.05) is 67.6 Å². The summed E-state index contributed by atoms with van der Waals surface area (Å²) in [7, 11) is 1.59. The molecule has 1 amide bonds. The largest absolute Gasteiger partial charge is 0.496 e.